The second-order valence-electron chi connectivity index (χ2n) is 4.69. The van der Waals surface area contributed by atoms with Gasteiger partial charge in [-0.15, -0.1) is 0 Å². The van der Waals surface area contributed by atoms with Gasteiger partial charge in [-0.25, -0.2) is 0 Å². The van der Waals surface area contributed by atoms with Crippen LogP contribution in [0.2, 0.25) is 0 Å². The predicted molar refractivity (Wildman–Crippen MR) is 69.3 cm³/mol. The van der Waals surface area contributed by atoms with Crippen molar-refractivity contribution in [1.82, 2.24) is 4.90 Å². The Morgan fingerprint density at radius 3 is 2.61 bits per heavy atom. The van der Waals surface area contributed by atoms with E-state index in [4.69, 9.17) is 0 Å². The van der Waals surface area contributed by atoms with E-state index in [1.54, 1.807) is 0 Å². The van der Waals surface area contributed by atoms with Crippen LogP contribution < -0.4 is 0 Å². The molecule has 2 saturated heterocycles. The minimum Gasteiger partial charge on any atom is -0.388 e. The maximum atomic E-state index is 9.97. The third-order valence-electron chi connectivity index (χ3n) is 3.40. The fraction of sp³-hybridized carbons (Fsp3) is 0.909. The highest BCUT2D eigenvalue weighted by atomic mass is 32.2. The van der Waals surface area contributed by atoms with Crippen LogP contribution in [0.25, 0.3) is 0 Å². The van der Waals surface area contributed by atoms with Crippen LogP contribution in [0, 0.1) is 0 Å². The predicted octanol–water partition coefficient (Wildman–Crippen LogP) is -1.03. The number of unbranched alkanes of at least 4 members (excludes halogenated alkanes) is 1. The van der Waals surface area contributed by atoms with Crippen LogP contribution >= 0.6 is 11.8 Å². The molecule has 6 nitrogen and oxygen atoms in total. The number of hydrogen-bond donors (Lipinski definition) is 4. The number of aliphatic hydroxyl groups is 4. The molecule has 0 radical (unpaired) electrons. The number of hydrogen-bond acceptors (Lipinski definition) is 6. The van der Waals surface area contributed by atoms with Gasteiger partial charge in [-0.3, -0.25) is 4.99 Å². The van der Waals surface area contributed by atoms with Crippen LogP contribution in [0.5, 0.6) is 0 Å². The monoisotopic (exact) mass is 276 g/mol. The molecule has 2 fully saturated rings. The molecule has 0 aliphatic carbocycles. The first kappa shape index (κ1) is 14.1. The summed E-state index contributed by atoms with van der Waals surface area (Å²) in [6.07, 6.45) is -2.94. The quantitative estimate of drug-likeness (QED) is 0.493. The zero-order valence-electron chi connectivity index (χ0n) is 10.3. The number of piperidine rings is 1. The zero-order valence-corrected chi connectivity index (χ0v) is 11.1. The van der Waals surface area contributed by atoms with Gasteiger partial charge in [0.2, 0.25) is 0 Å². The first-order valence-electron chi connectivity index (χ1n) is 6.25. The Morgan fingerprint density at radius 2 is 1.94 bits per heavy atom. The minimum atomic E-state index is -1.37. The van der Waals surface area contributed by atoms with Crippen molar-refractivity contribution >= 4 is 16.9 Å². The number of fused-ring (bicyclic) bond motifs is 1. The molecule has 0 bridgehead atoms. The summed E-state index contributed by atoms with van der Waals surface area (Å²) in [5.41, 5.74) is 0. The van der Waals surface area contributed by atoms with Crippen molar-refractivity contribution in [3.05, 3.63) is 0 Å². The van der Waals surface area contributed by atoms with Crippen molar-refractivity contribution in [1.29, 1.82) is 0 Å². The molecule has 5 atom stereocenters. The molecule has 7 heteroatoms. The lowest BCUT2D eigenvalue weighted by Crippen LogP contribution is -2.65. The van der Waals surface area contributed by atoms with Crippen LogP contribution in [0.1, 0.15) is 19.8 Å². The maximum absolute atomic E-state index is 9.97. The topological polar surface area (TPSA) is 96.5 Å². The van der Waals surface area contributed by atoms with Crippen LogP contribution in [0.15, 0.2) is 4.99 Å². The number of aliphatic hydroxyl groups excluding tert-OH is 4. The van der Waals surface area contributed by atoms with Crippen molar-refractivity contribution in [2.45, 2.75) is 50.3 Å². The Balaban J connectivity index is 2.13. The SMILES string of the molecule is CCCC/N=C1/SC[C@@H]2[C@H](O)[C@H](O)[C@@H](O)[C@@H](O)N12. The van der Waals surface area contributed by atoms with E-state index < -0.39 is 24.5 Å². The van der Waals surface area contributed by atoms with Crippen LogP contribution in [-0.4, -0.2) is 73.4 Å². The summed E-state index contributed by atoms with van der Waals surface area (Å²) in [6, 6.07) is -0.385. The van der Waals surface area contributed by atoms with Crippen LogP contribution in [-0.2, 0) is 0 Å². The van der Waals surface area contributed by atoms with Gasteiger partial charge in [0.1, 0.15) is 18.3 Å². The average molecular weight is 276 g/mol. The van der Waals surface area contributed by atoms with E-state index in [-0.39, 0.29) is 6.04 Å². The number of aliphatic imine (C=N–C) groups is 1. The van der Waals surface area contributed by atoms with E-state index in [1.807, 2.05) is 0 Å². The fourth-order valence-electron chi connectivity index (χ4n) is 2.26. The smallest absolute Gasteiger partial charge is 0.161 e. The molecular formula is C11H20N2O4S. The highest BCUT2D eigenvalue weighted by molar-refractivity contribution is 8.14. The van der Waals surface area contributed by atoms with Gasteiger partial charge in [-0.05, 0) is 6.42 Å². The van der Waals surface area contributed by atoms with Crippen molar-refractivity contribution in [3.8, 4) is 0 Å². The Morgan fingerprint density at radius 1 is 1.22 bits per heavy atom. The average Bonchev–Trinajstić information content (AvgIpc) is 2.78. The molecule has 0 aromatic rings. The lowest BCUT2D eigenvalue weighted by Gasteiger charge is -2.44. The fourth-order valence-corrected chi connectivity index (χ4v) is 3.51. The first-order valence-corrected chi connectivity index (χ1v) is 7.24. The molecule has 0 unspecified atom stereocenters. The van der Waals surface area contributed by atoms with E-state index in [0.717, 1.165) is 12.8 Å². The van der Waals surface area contributed by atoms with Crippen LogP contribution in [0.3, 0.4) is 0 Å². The molecule has 2 aliphatic heterocycles. The van der Waals surface area contributed by atoms with Gasteiger partial charge in [0, 0.05) is 12.3 Å². The van der Waals surface area contributed by atoms with E-state index in [9.17, 15) is 20.4 Å². The van der Waals surface area contributed by atoms with Gasteiger partial charge < -0.3 is 25.3 Å². The van der Waals surface area contributed by atoms with E-state index in [1.165, 1.54) is 16.7 Å². The summed E-state index contributed by atoms with van der Waals surface area (Å²) < 4.78 is 0. The molecule has 0 amide bonds. The minimum absolute atomic E-state index is 0.385. The molecule has 0 saturated carbocycles. The molecular weight excluding hydrogens is 256 g/mol. The van der Waals surface area contributed by atoms with Crippen molar-refractivity contribution in [2.24, 2.45) is 4.99 Å². The van der Waals surface area contributed by atoms with Crippen LogP contribution in [0.4, 0.5) is 0 Å². The second-order valence-corrected chi connectivity index (χ2v) is 5.68. The Hall–Kier alpha value is -0.340. The molecule has 2 heterocycles. The lowest BCUT2D eigenvalue weighted by molar-refractivity contribution is -0.190. The van der Waals surface area contributed by atoms with Gasteiger partial charge in [-0.1, -0.05) is 25.1 Å². The van der Waals surface area contributed by atoms with E-state index in [0.29, 0.717) is 17.5 Å². The molecule has 2 rings (SSSR count). The maximum Gasteiger partial charge on any atom is 0.161 e. The van der Waals surface area contributed by atoms with Crippen molar-refractivity contribution in [3.63, 3.8) is 0 Å². The summed E-state index contributed by atoms with van der Waals surface area (Å²) in [5, 5.41) is 39.8. The molecule has 4 N–H and O–H groups in total. The second kappa shape index (κ2) is 5.75. The van der Waals surface area contributed by atoms with Gasteiger partial charge in [-0.2, -0.15) is 0 Å². The molecule has 0 spiro atoms. The molecule has 104 valence electrons. The van der Waals surface area contributed by atoms with Gasteiger partial charge in [0.25, 0.3) is 0 Å². The largest absolute Gasteiger partial charge is 0.388 e. The van der Waals surface area contributed by atoms with Gasteiger partial charge in [0.05, 0.1) is 6.04 Å². The summed E-state index contributed by atoms with van der Waals surface area (Å²) in [5.74, 6) is 0.562. The Bertz CT molecular complexity index is 328. The highest BCUT2D eigenvalue weighted by Gasteiger charge is 2.51. The zero-order chi connectivity index (χ0) is 13.3. The number of amidine groups is 1. The van der Waals surface area contributed by atoms with E-state index >= 15 is 0 Å². The molecule has 0 aromatic carbocycles. The lowest BCUT2D eigenvalue weighted by atomic mass is 9.94. The number of nitrogens with zero attached hydrogens (tertiary/aromatic N) is 2. The van der Waals surface area contributed by atoms with Crippen molar-refractivity contribution in [2.75, 3.05) is 12.3 Å². The molecule has 18 heavy (non-hydrogen) atoms. The summed E-state index contributed by atoms with van der Waals surface area (Å²) >= 11 is 1.44. The van der Waals surface area contributed by atoms with Gasteiger partial charge in [0.15, 0.2) is 11.4 Å². The van der Waals surface area contributed by atoms with E-state index in [2.05, 4.69) is 11.9 Å². The highest BCUT2D eigenvalue weighted by Crippen LogP contribution is 2.34. The summed E-state index contributed by atoms with van der Waals surface area (Å²) in [7, 11) is 0. The standard InChI is InChI=1S/C11H20N2O4S/c1-2-3-4-12-11-13-6(5-18-11)7(14)8(15)9(16)10(13)17/h6-10,14-17H,2-5H2,1H3/b12-11+/t6-,7+,8+,9-,10-/m1/s1. The summed E-state index contributed by atoms with van der Waals surface area (Å²) in [4.78, 5) is 5.91. The number of thioether (sulfide) groups is 1. The van der Waals surface area contributed by atoms with Gasteiger partial charge >= 0.3 is 0 Å². The van der Waals surface area contributed by atoms with Crippen molar-refractivity contribution < 1.29 is 20.4 Å². The number of rotatable bonds is 3. The molecule has 2 aliphatic rings. The third-order valence-corrected chi connectivity index (χ3v) is 4.51. The summed E-state index contributed by atoms with van der Waals surface area (Å²) in [6.45, 7) is 2.74. The molecule has 0 aromatic heterocycles. The first-order chi connectivity index (χ1) is 8.57. The normalized spacial score (nSPS) is 42.4. The Kier molecular flexibility index (Phi) is 4.50. The Labute approximate surface area is 110 Å². The third kappa shape index (κ3) is 2.37.